The maximum absolute atomic E-state index is 11.9. The van der Waals surface area contributed by atoms with Gasteiger partial charge in [0.1, 0.15) is 5.69 Å². The van der Waals surface area contributed by atoms with Crippen LogP contribution in [-0.2, 0) is 6.54 Å². The molecule has 0 unspecified atom stereocenters. The van der Waals surface area contributed by atoms with Crippen LogP contribution in [0.5, 0.6) is 0 Å². The molecular formula is C15H19N3O3. The Kier molecular flexibility index (Phi) is 3.77. The van der Waals surface area contributed by atoms with E-state index in [-0.39, 0.29) is 11.7 Å². The quantitative estimate of drug-likeness (QED) is 0.744. The molecule has 2 saturated carbocycles. The fourth-order valence-corrected chi connectivity index (χ4v) is 2.57. The molecule has 0 radical (unpaired) electrons. The number of nitrogens with zero attached hydrogens (tertiary/aromatic N) is 1. The van der Waals surface area contributed by atoms with Crippen LogP contribution in [0.25, 0.3) is 0 Å². The summed E-state index contributed by atoms with van der Waals surface area (Å²) in [4.78, 5) is 26.4. The van der Waals surface area contributed by atoms with E-state index in [0.29, 0.717) is 24.4 Å². The number of carbonyl (C=O) groups is 2. The summed E-state index contributed by atoms with van der Waals surface area (Å²) in [6, 6.07) is 3.28. The average molecular weight is 289 g/mol. The van der Waals surface area contributed by atoms with Gasteiger partial charge in [-0.2, -0.15) is 0 Å². The molecule has 6 heteroatoms. The molecule has 0 aliphatic heterocycles. The van der Waals surface area contributed by atoms with Crippen LogP contribution in [0.15, 0.2) is 18.3 Å². The zero-order valence-corrected chi connectivity index (χ0v) is 11.7. The molecule has 0 bridgehead atoms. The van der Waals surface area contributed by atoms with E-state index in [9.17, 15) is 9.59 Å². The summed E-state index contributed by atoms with van der Waals surface area (Å²) in [5, 5.41) is 14.6. The minimum absolute atomic E-state index is 0.00531. The van der Waals surface area contributed by atoms with Gasteiger partial charge in [-0.1, -0.05) is 6.07 Å². The predicted molar refractivity (Wildman–Crippen MR) is 75.8 cm³/mol. The maximum Gasteiger partial charge on any atom is 0.354 e. The molecular weight excluding hydrogens is 270 g/mol. The predicted octanol–water partition coefficient (Wildman–Crippen LogP) is 1.77. The molecule has 112 valence electrons. The lowest BCUT2D eigenvalue weighted by Crippen LogP contribution is -2.44. The standard InChI is InChI=1S/C15H19N3O3/c19-14(20)12-6-1-9(7-16-12)8-17-15(21)18-13(10-2-3-10)11-4-5-11/h1,6-7,10-11,13H,2-5,8H2,(H,19,20)(H2,17,18,21). The first-order valence-corrected chi connectivity index (χ1v) is 7.36. The van der Waals surface area contributed by atoms with Gasteiger partial charge in [0.2, 0.25) is 0 Å². The van der Waals surface area contributed by atoms with Crippen molar-refractivity contribution in [2.75, 3.05) is 0 Å². The molecule has 2 aliphatic rings. The Morgan fingerprint density at radius 2 is 1.90 bits per heavy atom. The smallest absolute Gasteiger partial charge is 0.354 e. The lowest BCUT2D eigenvalue weighted by molar-refractivity contribution is 0.0690. The fraction of sp³-hybridized carbons (Fsp3) is 0.533. The van der Waals surface area contributed by atoms with Crippen LogP contribution in [0.2, 0.25) is 0 Å². The first kappa shape index (κ1) is 13.9. The molecule has 1 aromatic heterocycles. The molecule has 3 N–H and O–H groups in total. The van der Waals surface area contributed by atoms with E-state index in [0.717, 1.165) is 5.56 Å². The van der Waals surface area contributed by atoms with Crippen LogP contribution in [0.1, 0.15) is 41.7 Å². The first-order valence-electron chi connectivity index (χ1n) is 7.36. The number of pyridine rings is 1. The van der Waals surface area contributed by atoms with Gasteiger partial charge in [-0.25, -0.2) is 14.6 Å². The molecule has 2 fully saturated rings. The van der Waals surface area contributed by atoms with E-state index >= 15 is 0 Å². The molecule has 0 atom stereocenters. The second kappa shape index (κ2) is 5.71. The van der Waals surface area contributed by atoms with Crippen LogP contribution in [0.3, 0.4) is 0 Å². The minimum Gasteiger partial charge on any atom is -0.477 e. The largest absolute Gasteiger partial charge is 0.477 e. The number of amides is 2. The number of hydrogen-bond donors (Lipinski definition) is 3. The van der Waals surface area contributed by atoms with Gasteiger partial charge >= 0.3 is 12.0 Å². The van der Waals surface area contributed by atoms with Crippen molar-refractivity contribution in [1.29, 1.82) is 0 Å². The van der Waals surface area contributed by atoms with Crippen molar-refractivity contribution in [1.82, 2.24) is 15.6 Å². The second-order valence-electron chi connectivity index (χ2n) is 5.88. The van der Waals surface area contributed by atoms with Gasteiger partial charge in [-0.3, -0.25) is 0 Å². The van der Waals surface area contributed by atoms with Gasteiger partial charge in [0, 0.05) is 18.8 Å². The van der Waals surface area contributed by atoms with Gasteiger partial charge in [-0.15, -0.1) is 0 Å². The minimum atomic E-state index is -1.05. The summed E-state index contributed by atoms with van der Waals surface area (Å²) in [6.45, 7) is 0.348. The molecule has 0 saturated heterocycles. The highest BCUT2D eigenvalue weighted by Crippen LogP contribution is 2.44. The Bertz CT molecular complexity index is 524. The Morgan fingerprint density at radius 1 is 1.24 bits per heavy atom. The van der Waals surface area contributed by atoms with E-state index in [1.165, 1.54) is 37.9 Å². The van der Waals surface area contributed by atoms with E-state index in [2.05, 4.69) is 15.6 Å². The van der Waals surface area contributed by atoms with Crippen LogP contribution in [0.4, 0.5) is 4.79 Å². The number of hydrogen-bond acceptors (Lipinski definition) is 3. The van der Waals surface area contributed by atoms with Crippen molar-refractivity contribution >= 4 is 12.0 Å². The molecule has 0 spiro atoms. The first-order chi connectivity index (χ1) is 10.1. The summed E-state index contributed by atoms with van der Waals surface area (Å²) in [6.07, 6.45) is 6.37. The molecule has 2 aliphatic carbocycles. The molecule has 1 heterocycles. The molecule has 1 aromatic rings. The van der Waals surface area contributed by atoms with Crippen molar-refractivity contribution in [2.24, 2.45) is 11.8 Å². The van der Waals surface area contributed by atoms with Crippen LogP contribution < -0.4 is 10.6 Å². The maximum atomic E-state index is 11.9. The van der Waals surface area contributed by atoms with Gasteiger partial charge in [-0.05, 0) is 49.1 Å². The monoisotopic (exact) mass is 289 g/mol. The second-order valence-corrected chi connectivity index (χ2v) is 5.88. The van der Waals surface area contributed by atoms with E-state index in [1.54, 1.807) is 6.07 Å². The van der Waals surface area contributed by atoms with Crippen molar-refractivity contribution < 1.29 is 14.7 Å². The highest BCUT2D eigenvalue weighted by molar-refractivity contribution is 5.85. The molecule has 2 amide bonds. The Balaban J connectivity index is 1.47. The SMILES string of the molecule is O=C(NCc1ccc(C(=O)O)nc1)NC(C1CC1)C1CC1. The number of rotatable bonds is 6. The van der Waals surface area contributed by atoms with Gasteiger partial charge in [0.25, 0.3) is 0 Å². The van der Waals surface area contributed by atoms with Gasteiger partial charge < -0.3 is 15.7 Å². The summed E-state index contributed by atoms with van der Waals surface area (Å²) >= 11 is 0. The summed E-state index contributed by atoms with van der Waals surface area (Å²) < 4.78 is 0. The van der Waals surface area contributed by atoms with Gasteiger partial charge in [0.05, 0.1) is 0 Å². The third kappa shape index (κ3) is 3.71. The van der Waals surface area contributed by atoms with Crippen molar-refractivity contribution in [3.63, 3.8) is 0 Å². The number of carboxylic acid groups (broad SMARTS) is 1. The topological polar surface area (TPSA) is 91.3 Å². The highest BCUT2D eigenvalue weighted by atomic mass is 16.4. The normalized spacial score (nSPS) is 17.6. The molecule has 6 nitrogen and oxygen atoms in total. The average Bonchev–Trinajstić information content (AvgIpc) is 3.36. The third-order valence-electron chi connectivity index (χ3n) is 4.05. The zero-order valence-electron chi connectivity index (χ0n) is 11.7. The molecule has 21 heavy (non-hydrogen) atoms. The van der Waals surface area contributed by atoms with Crippen LogP contribution in [0, 0.1) is 11.8 Å². The van der Waals surface area contributed by atoms with E-state index in [4.69, 9.17) is 5.11 Å². The summed E-state index contributed by atoms with van der Waals surface area (Å²) in [7, 11) is 0. The van der Waals surface area contributed by atoms with Crippen molar-refractivity contribution in [2.45, 2.75) is 38.3 Å². The van der Waals surface area contributed by atoms with E-state index < -0.39 is 5.97 Å². The molecule has 3 rings (SSSR count). The number of carbonyl (C=O) groups excluding carboxylic acids is 1. The number of nitrogens with one attached hydrogen (secondary N) is 2. The Labute approximate surface area is 123 Å². The number of carboxylic acids is 1. The zero-order chi connectivity index (χ0) is 14.8. The lowest BCUT2D eigenvalue weighted by Gasteiger charge is -2.18. The summed E-state index contributed by atoms with van der Waals surface area (Å²) in [5.74, 6) is 0.281. The number of aromatic nitrogens is 1. The van der Waals surface area contributed by atoms with E-state index in [1.807, 2.05) is 0 Å². The molecule has 0 aromatic carbocycles. The summed E-state index contributed by atoms with van der Waals surface area (Å²) in [5.41, 5.74) is 0.787. The lowest BCUT2D eigenvalue weighted by atomic mass is 10.1. The van der Waals surface area contributed by atoms with Crippen LogP contribution in [-0.4, -0.2) is 28.1 Å². The van der Waals surface area contributed by atoms with Crippen molar-refractivity contribution in [3.8, 4) is 0 Å². The fourth-order valence-electron chi connectivity index (χ4n) is 2.57. The van der Waals surface area contributed by atoms with Crippen molar-refractivity contribution in [3.05, 3.63) is 29.6 Å². The Hall–Kier alpha value is -2.11. The Morgan fingerprint density at radius 3 is 2.38 bits per heavy atom. The van der Waals surface area contributed by atoms with Gasteiger partial charge in [0.15, 0.2) is 0 Å². The highest BCUT2D eigenvalue weighted by Gasteiger charge is 2.42. The van der Waals surface area contributed by atoms with Crippen LogP contribution >= 0.6 is 0 Å². The third-order valence-corrected chi connectivity index (χ3v) is 4.05. The number of urea groups is 1. The number of aromatic carboxylic acids is 1.